The minimum Gasteiger partial charge on any atom is -0.394 e. The summed E-state index contributed by atoms with van der Waals surface area (Å²) in [5.74, 6) is 0. The van der Waals surface area contributed by atoms with E-state index < -0.39 is 0 Å². The van der Waals surface area contributed by atoms with Gasteiger partial charge in [0.1, 0.15) is 12.2 Å². The number of aliphatic hydroxyl groups excluding tert-OH is 2. The zero-order valence-corrected chi connectivity index (χ0v) is 3.87. The summed E-state index contributed by atoms with van der Waals surface area (Å²) in [6.07, 6.45) is -0.157. The Labute approximate surface area is 41.5 Å². The van der Waals surface area contributed by atoms with Gasteiger partial charge < -0.3 is 14.9 Å². The van der Waals surface area contributed by atoms with Crippen LogP contribution in [-0.4, -0.2) is 35.6 Å². The molecule has 1 aliphatic heterocycles. The summed E-state index contributed by atoms with van der Waals surface area (Å²) in [6.45, 7) is 0.0659. The Morgan fingerprint density at radius 3 is 1.71 bits per heavy atom. The standard InChI is InChI=1S/C4H8O3/c5-1-3-4(2-6)7-3/h3-6H,1-2H2. The van der Waals surface area contributed by atoms with Gasteiger partial charge in [0.15, 0.2) is 0 Å². The van der Waals surface area contributed by atoms with Gasteiger partial charge >= 0.3 is 0 Å². The fourth-order valence-corrected chi connectivity index (χ4v) is 0.500. The van der Waals surface area contributed by atoms with Gasteiger partial charge in [-0.15, -0.1) is 0 Å². The zero-order valence-electron chi connectivity index (χ0n) is 3.87. The highest BCUT2D eigenvalue weighted by Crippen LogP contribution is 2.19. The third kappa shape index (κ3) is 0.907. The summed E-state index contributed by atoms with van der Waals surface area (Å²) in [5.41, 5.74) is 0. The van der Waals surface area contributed by atoms with Crippen molar-refractivity contribution in [2.24, 2.45) is 0 Å². The maximum Gasteiger partial charge on any atom is 0.110 e. The molecule has 3 nitrogen and oxygen atoms in total. The van der Waals surface area contributed by atoms with Crippen LogP contribution in [0.4, 0.5) is 0 Å². The van der Waals surface area contributed by atoms with E-state index >= 15 is 0 Å². The van der Waals surface area contributed by atoms with Gasteiger partial charge in [-0.2, -0.15) is 0 Å². The number of hydrogen-bond donors (Lipinski definition) is 2. The van der Waals surface area contributed by atoms with Crippen molar-refractivity contribution in [1.82, 2.24) is 0 Å². The van der Waals surface area contributed by atoms with Crippen LogP contribution >= 0.6 is 0 Å². The van der Waals surface area contributed by atoms with Crippen LogP contribution in [0.5, 0.6) is 0 Å². The molecule has 0 aliphatic carbocycles. The lowest BCUT2D eigenvalue weighted by Crippen LogP contribution is -2.02. The van der Waals surface area contributed by atoms with E-state index in [2.05, 4.69) is 0 Å². The molecule has 1 saturated heterocycles. The second-order valence-electron chi connectivity index (χ2n) is 1.58. The molecule has 1 aliphatic rings. The minimum absolute atomic E-state index is 0.0330. The Morgan fingerprint density at radius 2 is 1.57 bits per heavy atom. The second kappa shape index (κ2) is 1.78. The van der Waals surface area contributed by atoms with E-state index in [9.17, 15) is 0 Å². The first-order valence-corrected chi connectivity index (χ1v) is 2.25. The van der Waals surface area contributed by atoms with Crippen molar-refractivity contribution >= 4 is 0 Å². The lowest BCUT2D eigenvalue weighted by Gasteiger charge is -1.78. The minimum atomic E-state index is -0.0787. The molecule has 1 heterocycles. The van der Waals surface area contributed by atoms with Gasteiger partial charge in [-0.05, 0) is 0 Å². The molecule has 0 spiro atoms. The van der Waals surface area contributed by atoms with Crippen LogP contribution in [0.1, 0.15) is 0 Å². The van der Waals surface area contributed by atoms with Gasteiger partial charge in [-0.1, -0.05) is 0 Å². The SMILES string of the molecule is OCC1OC1CO. The molecule has 42 valence electrons. The van der Waals surface area contributed by atoms with Crippen molar-refractivity contribution in [1.29, 1.82) is 0 Å². The molecular weight excluding hydrogens is 96.0 g/mol. The van der Waals surface area contributed by atoms with E-state index in [1.165, 1.54) is 0 Å². The number of rotatable bonds is 2. The molecule has 2 N–H and O–H groups in total. The van der Waals surface area contributed by atoms with E-state index in [-0.39, 0.29) is 25.4 Å². The lowest BCUT2D eigenvalue weighted by atomic mass is 10.3. The third-order valence-corrected chi connectivity index (χ3v) is 1.05. The fourth-order valence-electron chi connectivity index (χ4n) is 0.500. The van der Waals surface area contributed by atoms with Crippen LogP contribution in [0.25, 0.3) is 0 Å². The summed E-state index contributed by atoms with van der Waals surface area (Å²) >= 11 is 0. The molecule has 0 aromatic carbocycles. The second-order valence-corrected chi connectivity index (χ2v) is 1.58. The predicted octanol–water partition coefficient (Wildman–Crippen LogP) is -1.26. The fraction of sp³-hybridized carbons (Fsp3) is 1.00. The van der Waals surface area contributed by atoms with Crippen LogP contribution in [0.15, 0.2) is 0 Å². The van der Waals surface area contributed by atoms with Gasteiger partial charge in [0.05, 0.1) is 13.2 Å². The van der Waals surface area contributed by atoms with Crippen molar-refractivity contribution in [3.63, 3.8) is 0 Å². The quantitative estimate of drug-likeness (QED) is 0.430. The van der Waals surface area contributed by atoms with Gasteiger partial charge in [-0.3, -0.25) is 0 Å². The molecule has 2 atom stereocenters. The smallest absolute Gasteiger partial charge is 0.110 e. The topological polar surface area (TPSA) is 53.0 Å². The molecule has 0 aromatic rings. The average Bonchev–Trinajstić information content (AvgIpc) is 2.43. The van der Waals surface area contributed by atoms with Crippen LogP contribution in [0, 0.1) is 0 Å². The van der Waals surface area contributed by atoms with E-state index in [1.807, 2.05) is 0 Å². The van der Waals surface area contributed by atoms with Crippen molar-refractivity contribution < 1.29 is 14.9 Å². The van der Waals surface area contributed by atoms with E-state index in [4.69, 9.17) is 14.9 Å². The van der Waals surface area contributed by atoms with Gasteiger partial charge in [0, 0.05) is 0 Å². The van der Waals surface area contributed by atoms with Gasteiger partial charge in [0.2, 0.25) is 0 Å². The maximum absolute atomic E-state index is 8.27. The molecule has 0 radical (unpaired) electrons. The van der Waals surface area contributed by atoms with Crippen molar-refractivity contribution in [3.8, 4) is 0 Å². The molecular formula is C4H8O3. The Morgan fingerprint density at radius 1 is 1.14 bits per heavy atom. The number of ether oxygens (including phenoxy) is 1. The highest BCUT2D eigenvalue weighted by molar-refractivity contribution is 4.82. The van der Waals surface area contributed by atoms with Crippen molar-refractivity contribution in [3.05, 3.63) is 0 Å². The first kappa shape index (κ1) is 5.03. The normalized spacial score (nSPS) is 38.6. The largest absolute Gasteiger partial charge is 0.394 e. The summed E-state index contributed by atoms with van der Waals surface area (Å²) in [4.78, 5) is 0. The first-order chi connectivity index (χ1) is 3.38. The van der Waals surface area contributed by atoms with Gasteiger partial charge in [0.25, 0.3) is 0 Å². The zero-order chi connectivity index (χ0) is 5.28. The van der Waals surface area contributed by atoms with E-state index in [1.54, 1.807) is 0 Å². The van der Waals surface area contributed by atoms with Gasteiger partial charge in [-0.25, -0.2) is 0 Å². The number of hydrogen-bond acceptors (Lipinski definition) is 3. The molecule has 7 heavy (non-hydrogen) atoms. The summed E-state index contributed by atoms with van der Waals surface area (Å²) in [6, 6.07) is 0. The van der Waals surface area contributed by atoms with Crippen LogP contribution in [-0.2, 0) is 4.74 Å². The third-order valence-electron chi connectivity index (χ3n) is 1.05. The highest BCUT2D eigenvalue weighted by Gasteiger charge is 2.36. The predicted molar refractivity (Wildman–Crippen MR) is 22.8 cm³/mol. The van der Waals surface area contributed by atoms with Crippen LogP contribution in [0.2, 0.25) is 0 Å². The molecule has 3 heteroatoms. The molecule has 0 saturated carbocycles. The monoisotopic (exact) mass is 104 g/mol. The molecule has 2 unspecified atom stereocenters. The molecule has 0 amide bonds. The Kier molecular flexibility index (Phi) is 1.27. The average molecular weight is 104 g/mol. The molecule has 1 rings (SSSR count). The van der Waals surface area contributed by atoms with E-state index in [0.29, 0.717) is 0 Å². The van der Waals surface area contributed by atoms with Crippen molar-refractivity contribution in [2.45, 2.75) is 12.2 Å². The summed E-state index contributed by atoms with van der Waals surface area (Å²) < 4.78 is 4.72. The first-order valence-electron chi connectivity index (χ1n) is 2.25. The lowest BCUT2D eigenvalue weighted by molar-refractivity contribution is 0.227. The molecule has 1 fully saturated rings. The summed E-state index contributed by atoms with van der Waals surface area (Å²) in [7, 11) is 0. The Hall–Kier alpha value is -0.120. The highest BCUT2D eigenvalue weighted by atomic mass is 16.6. The molecule has 0 bridgehead atoms. The number of epoxide rings is 1. The molecule has 0 aromatic heterocycles. The Bertz CT molecular complexity index is 56.0. The van der Waals surface area contributed by atoms with E-state index in [0.717, 1.165) is 0 Å². The maximum atomic E-state index is 8.27. The summed E-state index contributed by atoms with van der Waals surface area (Å²) in [5, 5.41) is 16.5. The number of aliphatic hydroxyl groups is 2. The Balaban J connectivity index is 2.06. The van der Waals surface area contributed by atoms with Crippen LogP contribution < -0.4 is 0 Å². The van der Waals surface area contributed by atoms with Crippen molar-refractivity contribution in [2.75, 3.05) is 13.2 Å². The van der Waals surface area contributed by atoms with Crippen LogP contribution in [0.3, 0.4) is 0 Å².